The number of benzene rings is 4. The average Bonchev–Trinajstić information content (AvgIpc) is 3.82. The summed E-state index contributed by atoms with van der Waals surface area (Å²) in [6.45, 7) is 9.90. The predicted molar refractivity (Wildman–Crippen MR) is 304 cm³/mol. The second-order valence-corrected chi connectivity index (χ2v) is 23.0. The Morgan fingerprint density at radius 1 is 0.883 bits per heavy atom. The van der Waals surface area contributed by atoms with E-state index in [1.54, 1.807) is 19.1 Å². The van der Waals surface area contributed by atoms with Crippen LogP contribution in [0.3, 0.4) is 0 Å². The Bertz CT molecular complexity index is 2830. The minimum absolute atomic E-state index is 0.0407. The number of carbonyl (C=O) groups excluding carboxylic acids is 2. The van der Waals surface area contributed by atoms with E-state index in [1.807, 2.05) is 79.7 Å². The number of rotatable bonds is 13. The lowest BCUT2D eigenvalue weighted by molar-refractivity contribution is -0.168. The van der Waals surface area contributed by atoms with E-state index in [0.717, 1.165) is 59.9 Å². The standard InChI is InChI=1S/C66H83N3O8/c1-42(15-9-19-45-17-6-5-7-18-45)13-8-14-43(2)16-10-23-50(41-70)55-32-34-66(62(55)75)57-30-29-53(72)38-48-21-11-20-47(35-48)37-51(36-46-25-27-52(71)28-26-46)59(74)40-68-61-60-49(22-12-24-56(60)63(67)69-64(61)76)39-58(73)44(3)54(57)31-33-65(66,4)77/h5-7,10-13,16-18,20-28,35,51,53,55,57,59,61-63,68,70-72,74-75,77H,2,8-9,14-15,19,29-34,36-41,67H2,1,3-4H3,(H,69,76). The maximum atomic E-state index is 15.0. The largest absolute Gasteiger partial charge is 0.508 e. The molecule has 2 aliphatic carbocycles. The lowest BCUT2D eigenvalue weighted by Crippen LogP contribution is -2.59. The molecule has 11 heteroatoms. The zero-order chi connectivity index (χ0) is 54.9. The summed E-state index contributed by atoms with van der Waals surface area (Å²) >= 11 is 0. The van der Waals surface area contributed by atoms with Gasteiger partial charge in [0.2, 0.25) is 5.91 Å². The van der Waals surface area contributed by atoms with Gasteiger partial charge in [-0.15, -0.1) is 0 Å². The third kappa shape index (κ3) is 13.6. The lowest BCUT2D eigenvalue weighted by Gasteiger charge is -2.56. The Morgan fingerprint density at radius 2 is 1.62 bits per heavy atom. The first-order valence-corrected chi connectivity index (χ1v) is 28.1. The van der Waals surface area contributed by atoms with Gasteiger partial charge in [0.05, 0.1) is 30.5 Å². The van der Waals surface area contributed by atoms with Crippen molar-refractivity contribution in [1.82, 2.24) is 10.6 Å². The number of nitrogens with two attached hydrogens (primary N) is 1. The van der Waals surface area contributed by atoms with Crippen molar-refractivity contribution in [3.63, 3.8) is 0 Å². The van der Waals surface area contributed by atoms with Gasteiger partial charge in [-0.25, -0.2) is 0 Å². The quantitative estimate of drug-likeness (QED) is 0.0458. The third-order valence-electron chi connectivity index (χ3n) is 17.8. The Kier molecular flexibility index (Phi) is 19.2. The summed E-state index contributed by atoms with van der Waals surface area (Å²) in [6.07, 6.45) is 13.0. The van der Waals surface area contributed by atoms with Crippen LogP contribution in [0.1, 0.15) is 136 Å². The van der Waals surface area contributed by atoms with Gasteiger partial charge < -0.3 is 41.7 Å². The van der Waals surface area contributed by atoms with Gasteiger partial charge in [0.15, 0.2) is 5.78 Å². The van der Waals surface area contributed by atoms with Gasteiger partial charge in [0.1, 0.15) is 18.0 Å². The van der Waals surface area contributed by atoms with Crippen LogP contribution in [0.5, 0.6) is 5.75 Å². The number of amides is 1. The second kappa shape index (κ2) is 25.8. The zero-order valence-electron chi connectivity index (χ0n) is 45.5. The van der Waals surface area contributed by atoms with Gasteiger partial charge in [-0.3, -0.25) is 14.9 Å². The van der Waals surface area contributed by atoms with Crippen molar-refractivity contribution in [1.29, 1.82) is 0 Å². The summed E-state index contributed by atoms with van der Waals surface area (Å²) in [5.41, 5.74) is 14.6. The number of ketones is 1. The maximum absolute atomic E-state index is 15.0. The van der Waals surface area contributed by atoms with Gasteiger partial charge in [-0.2, -0.15) is 0 Å². The van der Waals surface area contributed by atoms with E-state index in [1.165, 1.54) is 11.1 Å². The van der Waals surface area contributed by atoms with E-state index in [0.29, 0.717) is 85.6 Å². The molecule has 10 N–H and O–H groups in total. The molecule has 4 aliphatic rings. The highest BCUT2D eigenvalue weighted by molar-refractivity contribution is 5.98. The number of hydrogen-bond donors (Lipinski definition) is 9. The van der Waals surface area contributed by atoms with Crippen LogP contribution in [-0.2, 0) is 41.7 Å². The van der Waals surface area contributed by atoms with Crippen molar-refractivity contribution >= 4 is 11.7 Å². The Labute approximate surface area is 456 Å². The SMILES string of the molecule is C=C(C=CC=C(CO)C1CCC2(C3CCC(O)Cc4cccc(c4)CC(Cc4ccc(O)cc4)C(O)CNC4C(=O)NC(N)c5cccc(c54)CC(=O)C(C)=C3CCC2(C)O)C1O)CCC=C(C)CCCc1ccccc1. The molecule has 4 aromatic carbocycles. The summed E-state index contributed by atoms with van der Waals surface area (Å²) < 4.78 is 0. The van der Waals surface area contributed by atoms with Crippen LogP contribution in [0.4, 0.5) is 0 Å². The number of phenols is 1. The van der Waals surface area contributed by atoms with Crippen LogP contribution in [0.2, 0.25) is 0 Å². The van der Waals surface area contributed by atoms with E-state index in [-0.39, 0.29) is 42.9 Å². The summed E-state index contributed by atoms with van der Waals surface area (Å²) in [4.78, 5) is 28.9. The number of aliphatic hydroxyl groups is 5. The molecule has 10 unspecified atom stereocenters. The Hall–Kier alpha value is -5.76. The molecule has 1 spiro atoms. The van der Waals surface area contributed by atoms with Gasteiger partial charge in [0.25, 0.3) is 0 Å². The molecule has 10 atom stereocenters. The molecule has 0 radical (unpaired) electrons. The molecule has 8 rings (SSSR count). The van der Waals surface area contributed by atoms with E-state index in [9.17, 15) is 40.2 Å². The number of Topliss-reactive ketones (excluding diaryl/α,β-unsaturated/α-hetero) is 1. The molecule has 410 valence electrons. The average molecular weight is 1050 g/mol. The fourth-order valence-corrected chi connectivity index (χ4v) is 13.4. The lowest BCUT2D eigenvalue weighted by atomic mass is 9.52. The van der Waals surface area contributed by atoms with Gasteiger partial charge in [-0.1, -0.05) is 133 Å². The molecule has 0 aromatic heterocycles. The van der Waals surface area contributed by atoms with Gasteiger partial charge in [-0.05, 0) is 185 Å². The second-order valence-electron chi connectivity index (χ2n) is 23.0. The van der Waals surface area contributed by atoms with Crippen LogP contribution in [-0.4, -0.2) is 79.4 Å². The normalized spacial score (nSPS) is 28.8. The van der Waals surface area contributed by atoms with Crippen molar-refractivity contribution in [3.05, 3.63) is 195 Å². The molecule has 77 heavy (non-hydrogen) atoms. The highest BCUT2D eigenvalue weighted by Crippen LogP contribution is 2.63. The zero-order valence-corrected chi connectivity index (χ0v) is 45.5. The monoisotopic (exact) mass is 1050 g/mol. The molecule has 1 amide bonds. The van der Waals surface area contributed by atoms with Crippen molar-refractivity contribution in [2.75, 3.05) is 13.2 Å². The van der Waals surface area contributed by atoms with Crippen molar-refractivity contribution in [3.8, 4) is 5.75 Å². The number of phenolic OH excluding ortho intramolecular Hbond substituents is 1. The van der Waals surface area contributed by atoms with E-state index < -0.39 is 53.4 Å². The highest BCUT2D eigenvalue weighted by Gasteiger charge is 2.64. The van der Waals surface area contributed by atoms with Gasteiger partial charge >= 0.3 is 0 Å². The fraction of sp³-hybridized carbons (Fsp3) is 0.455. The first-order valence-electron chi connectivity index (χ1n) is 28.1. The minimum Gasteiger partial charge on any atom is -0.508 e. The molecule has 2 saturated carbocycles. The molecule has 2 bridgehead atoms. The number of β-amino-alcohol motifs (C(OH)–C–C–N with tert-alkyl or cyclic N) is 1. The van der Waals surface area contributed by atoms with Crippen molar-refractivity contribution < 1.29 is 40.2 Å². The molecular formula is C66H83N3O8. The van der Waals surface area contributed by atoms with Crippen molar-refractivity contribution in [2.24, 2.45) is 28.9 Å². The summed E-state index contributed by atoms with van der Waals surface area (Å²) in [7, 11) is 0. The van der Waals surface area contributed by atoms with Crippen molar-refractivity contribution in [2.45, 2.75) is 153 Å². The fourth-order valence-electron chi connectivity index (χ4n) is 13.4. The number of carbonyl (C=O) groups is 2. The number of aryl methyl sites for hydroxylation is 1. The van der Waals surface area contributed by atoms with Crippen LogP contribution in [0.25, 0.3) is 0 Å². The van der Waals surface area contributed by atoms with E-state index >= 15 is 0 Å². The predicted octanol–water partition coefficient (Wildman–Crippen LogP) is 9.40. The Morgan fingerprint density at radius 3 is 2.38 bits per heavy atom. The molecule has 4 aromatic rings. The van der Waals surface area contributed by atoms with E-state index in [2.05, 4.69) is 60.5 Å². The number of allylic oxidation sites excluding steroid dienone is 8. The first-order chi connectivity index (χ1) is 37.0. The molecule has 2 heterocycles. The number of nitrogens with one attached hydrogen (secondary N) is 2. The Balaban J connectivity index is 1.08. The molecule has 2 aliphatic heterocycles. The number of fused-ring (bicyclic) bond motifs is 4. The van der Waals surface area contributed by atoms with E-state index in [4.69, 9.17) is 5.73 Å². The van der Waals surface area contributed by atoms with Crippen LogP contribution in [0.15, 0.2) is 156 Å². The smallest absolute Gasteiger partial charge is 0.243 e. The number of aromatic hydroxyl groups is 1. The van der Waals surface area contributed by atoms with Crippen LogP contribution < -0.4 is 16.4 Å². The maximum Gasteiger partial charge on any atom is 0.243 e. The molecule has 0 saturated heterocycles. The van der Waals surface area contributed by atoms with Gasteiger partial charge in [0, 0.05) is 24.3 Å². The van der Waals surface area contributed by atoms with Crippen LogP contribution in [0, 0.1) is 23.2 Å². The molecule has 2 fully saturated rings. The molecule has 11 nitrogen and oxygen atoms in total. The third-order valence-corrected chi connectivity index (χ3v) is 17.8. The summed E-state index contributed by atoms with van der Waals surface area (Å²) in [5, 5.41) is 76.8. The minimum atomic E-state index is -1.36. The summed E-state index contributed by atoms with van der Waals surface area (Å²) in [5.74, 6) is -1.65. The topological polar surface area (TPSA) is 206 Å². The first kappa shape index (κ1) is 57.4. The summed E-state index contributed by atoms with van der Waals surface area (Å²) in [6, 6.07) is 30.1. The number of hydrogen-bond acceptors (Lipinski definition) is 10. The molecular weight excluding hydrogens is 963 g/mol. The van der Waals surface area contributed by atoms with Crippen LogP contribution >= 0.6 is 0 Å². The highest BCUT2D eigenvalue weighted by atomic mass is 16.3. The number of aliphatic hydroxyl groups excluding tert-OH is 4.